The molecule has 0 atom stereocenters. The second-order valence-electron chi connectivity index (χ2n) is 3.82. The summed E-state index contributed by atoms with van der Waals surface area (Å²) in [5.74, 6) is -0.339. The van der Waals surface area contributed by atoms with E-state index in [-0.39, 0.29) is 17.3 Å². The second kappa shape index (κ2) is 3.17. The lowest BCUT2D eigenvalue weighted by molar-refractivity contribution is -0.119. The molecule has 13 heavy (non-hydrogen) atoms. The van der Waals surface area contributed by atoms with Crippen LogP contribution in [0, 0.1) is 0 Å². The number of carbonyl (C=O) groups is 2. The van der Waals surface area contributed by atoms with Gasteiger partial charge in [-0.05, 0) is 32.9 Å². The molecule has 0 aromatic rings. The molecule has 0 aromatic heterocycles. The van der Waals surface area contributed by atoms with Crippen LogP contribution in [-0.4, -0.2) is 17.2 Å². The van der Waals surface area contributed by atoms with Gasteiger partial charge in [0, 0.05) is 6.08 Å². The van der Waals surface area contributed by atoms with Crippen molar-refractivity contribution in [3.05, 3.63) is 24.0 Å². The van der Waals surface area contributed by atoms with E-state index in [9.17, 15) is 9.59 Å². The van der Waals surface area contributed by atoms with Crippen molar-refractivity contribution in [2.75, 3.05) is 0 Å². The van der Waals surface area contributed by atoms with Gasteiger partial charge in [0.15, 0.2) is 11.5 Å². The largest absolute Gasteiger partial charge is 0.484 e. The van der Waals surface area contributed by atoms with Crippen molar-refractivity contribution in [2.24, 2.45) is 0 Å². The molecule has 3 nitrogen and oxygen atoms in total. The lowest BCUT2D eigenvalue weighted by atomic mass is 10.1. The van der Waals surface area contributed by atoms with E-state index in [4.69, 9.17) is 4.74 Å². The van der Waals surface area contributed by atoms with Gasteiger partial charge in [0.2, 0.25) is 5.78 Å². The highest BCUT2D eigenvalue weighted by Crippen LogP contribution is 2.16. The summed E-state index contributed by atoms with van der Waals surface area (Å²) in [6.07, 6.45) is 3.68. The van der Waals surface area contributed by atoms with Crippen LogP contribution in [0.15, 0.2) is 24.0 Å². The summed E-state index contributed by atoms with van der Waals surface area (Å²) in [6.45, 7) is 5.47. The fourth-order valence-electron chi connectivity index (χ4n) is 0.898. The highest BCUT2D eigenvalue weighted by molar-refractivity contribution is 6.16. The van der Waals surface area contributed by atoms with Gasteiger partial charge in [-0.25, -0.2) is 0 Å². The molecule has 0 bridgehead atoms. The first-order valence-electron chi connectivity index (χ1n) is 4.05. The van der Waals surface area contributed by atoms with Gasteiger partial charge in [0.05, 0.1) is 0 Å². The van der Waals surface area contributed by atoms with E-state index >= 15 is 0 Å². The fourth-order valence-corrected chi connectivity index (χ4v) is 0.898. The number of ether oxygens (including phenoxy) is 1. The molecule has 0 saturated heterocycles. The molecule has 0 N–H and O–H groups in total. The van der Waals surface area contributed by atoms with Crippen molar-refractivity contribution in [3.8, 4) is 0 Å². The minimum absolute atomic E-state index is 0.125. The van der Waals surface area contributed by atoms with Crippen LogP contribution in [0.25, 0.3) is 0 Å². The van der Waals surface area contributed by atoms with Gasteiger partial charge < -0.3 is 4.74 Å². The van der Waals surface area contributed by atoms with Crippen LogP contribution < -0.4 is 0 Å². The third-order valence-electron chi connectivity index (χ3n) is 1.33. The third-order valence-corrected chi connectivity index (χ3v) is 1.33. The predicted octanol–water partition coefficient (Wildman–Crippen LogP) is 1.39. The smallest absolute Gasteiger partial charge is 0.220 e. The van der Waals surface area contributed by atoms with Crippen molar-refractivity contribution >= 4 is 11.6 Å². The van der Waals surface area contributed by atoms with E-state index in [2.05, 4.69) is 0 Å². The van der Waals surface area contributed by atoms with Crippen LogP contribution in [0.1, 0.15) is 20.8 Å². The van der Waals surface area contributed by atoms with E-state index in [1.807, 2.05) is 20.8 Å². The molecule has 70 valence electrons. The summed E-state index contributed by atoms with van der Waals surface area (Å²) < 4.78 is 5.30. The van der Waals surface area contributed by atoms with Gasteiger partial charge in [-0.2, -0.15) is 0 Å². The van der Waals surface area contributed by atoms with E-state index in [0.29, 0.717) is 0 Å². The molecule has 0 saturated carbocycles. The topological polar surface area (TPSA) is 43.4 Å². The number of carbonyl (C=O) groups excluding carboxylic acids is 2. The van der Waals surface area contributed by atoms with Gasteiger partial charge in [-0.15, -0.1) is 0 Å². The minimum atomic E-state index is -0.451. The Balaban J connectivity index is 2.80. The Kier molecular flexibility index (Phi) is 2.36. The number of allylic oxidation sites excluding steroid dienone is 3. The van der Waals surface area contributed by atoms with Gasteiger partial charge >= 0.3 is 0 Å². The molecule has 0 amide bonds. The summed E-state index contributed by atoms with van der Waals surface area (Å²) in [4.78, 5) is 22.1. The third kappa shape index (κ3) is 2.86. The van der Waals surface area contributed by atoms with Crippen LogP contribution in [0.3, 0.4) is 0 Å². The Bertz CT molecular complexity index is 303. The lowest BCUT2D eigenvalue weighted by Crippen LogP contribution is -2.23. The van der Waals surface area contributed by atoms with Crippen LogP contribution in [0.4, 0.5) is 0 Å². The van der Waals surface area contributed by atoms with Crippen molar-refractivity contribution in [3.63, 3.8) is 0 Å². The first kappa shape index (κ1) is 9.71. The zero-order chi connectivity index (χ0) is 10.1. The quantitative estimate of drug-likeness (QED) is 0.573. The molecule has 0 unspecified atom stereocenters. The van der Waals surface area contributed by atoms with Gasteiger partial charge in [-0.1, -0.05) is 0 Å². The summed E-state index contributed by atoms with van der Waals surface area (Å²) in [5.41, 5.74) is -0.451. The summed E-state index contributed by atoms with van der Waals surface area (Å²) in [7, 11) is 0. The Morgan fingerprint density at radius 2 is 1.77 bits per heavy atom. The van der Waals surface area contributed by atoms with Gasteiger partial charge in [0.1, 0.15) is 5.60 Å². The highest BCUT2D eigenvalue weighted by Gasteiger charge is 2.20. The standard InChI is InChI=1S/C10H12O3/c1-10(2,3)13-9-6-7(11)4-5-8(9)12/h4-6H,1-3H3. The van der Waals surface area contributed by atoms with Gasteiger partial charge in [0.25, 0.3) is 0 Å². The Hall–Kier alpha value is -1.38. The minimum Gasteiger partial charge on any atom is -0.484 e. The normalized spacial score (nSPS) is 17.3. The molecular weight excluding hydrogens is 168 g/mol. The monoisotopic (exact) mass is 180 g/mol. The number of hydrogen-bond donors (Lipinski definition) is 0. The molecule has 0 aromatic carbocycles. The molecule has 0 aliphatic heterocycles. The Labute approximate surface area is 77.1 Å². The molecule has 1 rings (SSSR count). The fraction of sp³-hybridized carbons (Fsp3) is 0.400. The van der Waals surface area contributed by atoms with E-state index in [0.717, 1.165) is 0 Å². The zero-order valence-corrected chi connectivity index (χ0v) is 7.96. The molecule has 1 aliphatic carbocycles. The van der Waals surface area contributed by atoms with Crippen molar-refractivity contribution in [1.82, 2.24) is 0 Å². The lowest BCUT2D eigenvalue weighted by Gasteiger charge is -2.22. The first-order valence-corrected chi connectivity index (χ1v) is 4.05. The number of rotatable bonds is 1. The maximum atomic E-state index is 11.2. The molecule has 1 aliphatic rings. The average molecular weight is 180 g/mol. The van der Waals surface area contributed by atoms with Crippen LogP contribution in [-0.2, 0) is 14.3 Å². The van der Waals surface area contributed by atoms with Crippen LogP contribution in [0.5, 0.6) is 0 Å². The maximum absolute atomic E-state index is 11.2. The summed E-state index contributed by atoms with van der Waals surface area (Å²) in [5, 5.41) is 0. The van der Waals surface area contributed by atoms with Crippen molar-refractivity contribution in [2.45, 2.75) is 26.4 Å². The van der Waals surface area contributed by atoms with Crippen molar-refractivity contribution < 1.29 is 14.3 Å². The molecule has 0 spiro atoms. The molecule has 0 heterocycles. The SMILES string of the molecule is CC(C)(C)OC1=CC(=O)C=CC1=O. The second-order valence-corrected chi connectivity index (χ2v) is 3.82. The molecular formula is C10H12O3. The Morgan fingerprint density at radius 3 is 2.31 bits per heavy atom. The van der Waals surface area contributed by atoms with E-state index in [1.165, 1.54) is 18.2 Å². The predicted molar refractivity (Wildman–Crippen MR) is 48.1 cm³/mol. The Morgan fingerprint density at radius 1 is 1.15 bits per heavy atom. The van der Waals surface area contributed by atoms with Crippen LogP contribution >= 0.6 is 0 Å². The van der Waals surface area contributed by atoms with E-state index < -0.39 is 5.60 Å². The average Bonchev–Trinajstić information content (AvgIpc) is 1.94. The zero-order valence-electron chi connectivity index (χ0n) is 7.96. The maximum Gasteiger partial charge on any atom is 0.220 e. The van der Waals surface area contributed by atoms with Crippen molar-refractivity contribution in [1.29, 1.82) is 0 Å². The number of hydrogen-bond acceptors (Lipinski definition) is 3. The van der Waals surface area contributed by atoms with E-state index in [1.54, 1.807) is 0 Å². The molecule has 0 fully saturated rings. The van der Waals surface area contributed by atoms with Gasteiger partial charge in [-0.3, -0.25) is 9.59 Å². The molecule has 3 heteroatoms. The number of ketones is 2. The van der Waals surface area contributed by atoms with Crippen LogP contribution in [0.2, 0.25) is 0 Å². The highest BCUT2D eigenvalue weighted by atomic mass is 16.5. The first-order chi connectivity index (χ1) is 5.88. The molecule has 0 radical (unpaired) electrons. The summed E-state index contributed by atoms with van der Waals surface area (Å²) >= 11 is 0. The summed E-state index contributed by atoms with van der Waals surface area (Å²) in [6, 6.07) is 0.